The Labute approximate surface area is 138 Å². The first-order valence-corrected chi connectivity index (χ1v) is 9.76. The third-order valence-corrected chi connectivity index (χ3v) is 6.46. The number of sulfone groups is 1. The van der Waals surface area contributed by atoms with Crippen LogP contribution in [0.1, 0.15) is 18.9 Å². The molecule has 0 saturated carbocycles. The highest BCUT2D eigenvalue weighted by molar-refractivity contribution is 7.91. The summed E-state index contributed by atoms with van der Waals surface area (Å²) in [6.45, 7) is 2.19. The molecule has 124 valence electrons. The molecule has 1 fully saturated rings. The van der Waals surface area contributed by atoms with Crippen molar-refractivity contribution < 1.29 is 13.2 Å². The van der Waals surface area contributed by atoms with Crippen LogP contribution in [0.2, 0.25) is 0 Å². The van der Waals surface area contributed by atoms with Crippen LogP contribution in [-0.2, 0) is 16.4 Å². The minimum absolute atomic E-state index is 0.00394. The van der Waals surface area contributed by atoms with Crippen LogP contribution in [0.5, 0.6) is 0 Å². The lowest BCUT2D eigenvalue weighted by molar-refractivity contribution is 0.196. The molecule has 3 rings (SSSR count). The van der Waals surface area contributed by atoms with Crippen LogP contribution in [0.25, 0.3) is 11.0 Å². The van der Waals surface area contributed by atoms with Crippen molar-refractivity contribution in [2.45, 2.75) is 25.4 Å². The summed E-state index contributed by atoms with van der Waals surface area (Å²) in [4.78, 5) is 13.9. The molecule has 1 N–H and O–H groups in total. The fourth-order valence-corrected chi connectivity index (χ4v) is 5.34. The quantitative estimate of drug-likeness (QED) is 0.900. The number of rotatable bonds is 3. The van der Waals surface area contributed by atoms with E-state index in [1.165, 1.54) is 4.90 Å². The van der Waals surface area contributed by atoms with E-state index in [1.807, 2.05) is 18.2 Å². The van der Waals surface area contributed by atoms with E-state index in [0.717, 1.165) is 28.3 Å². The Morgan fingerprint density at radius 2 is 2.13 bits per heavy atom. The van der Waals surface area contributed by atoms with Gasteiger partial charge in [-0.15, -0.1) is 0 Å². The Hall–Kier alpha value is -1.74. The first kappa shape index (κ1) is 16.1. The first-order valence-electron chi connectivity index (χ1n) is 7.21. The third-order valence-electron chi connectivity index (χ3n) is 4.00. The van der Waals surface area contributed by atoms with Crippen molar-refractivity contribution in [1.82, 2.24) is 19.0 Å². The maximum absolute atomic E-state index is 12.3. The predicted octanol–water partition coefficient (Wildman–Crippen LogP) is 1.41. The van der Waals surface area contributed by atoms with Gasteiger partial charge in [0.05, 0.1) is 28.8 Å². The van der Waals surface area contributed by atoms with Gasteiger partial charge < -0.3 is 10.2 Å². The van der Waals surface area contributed by atoms with E-state index in [0.29, 0.717) is 13.0 Å². The van der Waals surface area contributed by atoms with E-state index in [1.54, 1.807) is 14.0 Å². The molecular weight excluding hydrogens is 336 g/mol. The standard InChI is InChI=1S/C14H18N4O3S2/c1-14(5-6-23(20,21)9-14)15-13(19)18(2)8-10-3-4-11-12(7-10)17-22-16-11/h3-4,7H,5-6,8-9H2,1-2H3,(H,15,19)/t14-/m0/s1. The van der Waals surface area contributed by atoms with Crippen LogP contribution in [0.3, 0.4) is 0 Å². The second-order valence-electron chi connectivity index (χ2n) is 6.28. The van der Waals surface area contributed by atoms with Crippen molar-refractivity contribution in [2.24, 2.45) is 0 Å². The molecule has 0 radical (unpaired) electrons. The number of hydrogen-bond acceptors (Lipinski definition) is 6. The van der Waals surface area contributed by atoms with Gasteiger partial charge in [-0.2, -0.15) is 8.75 Å². The lowest BCUT2D eigenvalue weighted by Gasteiger charge is -2.27. The zero-order chi connectivity index (χ0) is 16.7. The second-order valence-corrected chi connectivity index (χ2v) is 8.99. The van der Waals surface area contributed by atoms with Crippen LogP contribution < -0.4 is 5.32 Å². The molecule has 0 aliphatic carbocycles. The SMILES string of the molecule is CN(Cc1ccc2nsnc2c1)C(=O)N[C@@]1(C)CCS(=O)(=O)C1. The number of hydrogen-bond donors (Lipinski definition) is 1. The smallest absolute Gasteiger partial charge is 0.317 e. The molecule has 2 aromatic rings. The van der Waals surface area contributed by atoms with Crippen molar-refractivity contribution in [2.75, 3.05) is 18.6 Å². The van der Waals surface area contributed by atoms with E-state index >= 15 is 0 Å². The summed E-state index contributed by atoms with van der Waals surface area (Å²) < 4.78 is 31.6. The molecule has 1 aromatic heterocycles. The summed E-state index contributed by atoms with van der Waals surface area (Å²) in [5.41, 5.74) is 1.92. The van der Waals surface area contributed by atoms with Crippen LogP contribution in [-0.4, -0.2) is 52.2 Å². The van der Waals surface area contributed by atoms with Crippen LogP contribution in [0.4, 0.5) is 4.79 Å². The van der Waals surface area contributed by atoms with Gasteiger partial charge in [-0.25, -0.2) is 13.2 Å². The zero-order valence-electron chi connectivity index (χ0n) is 12.9. The summed E-state index contributed by atoms with van der Waals surface area (Å²) in [6.07, 6.45) is 0.450. The fraction of sp³-hybridized carbons (Fsp3) is 0.500. The van der Waals surface area contributed by atoms with Crippen molar-refractivity contribution >= 4 is 38.6 Å². The number of nitrogens with one attached hydrogen (secondary N) is 1. The van der Waals surface area contributed by atoms with Crippen molar-refractivity contribution in [1.29, 1.82) is 0 Å². The average Bonchev–Trinajstić information content (AvgIpc) is 3.02. The van der Waals surface area contributed by atoms with Crippen LogP contribution >= 0.6 is 11.7 Å². The molecule has 2 amide bonds. The normalized spacial score (nSPS) is 23.0. The van der Waals surface area contributed by atoms with Crippen molar-refractivity contribution in [3.8, 4) is 0 Å². The maximum atomic E-state index is 12.3. The Morgan fingerprint density at radius 3 is 2.83 bits per heavy atom. The van der Waals surface area contributed by atoms with Gasteiger partial charge in [0.2, 0.25) is 0 Å². The fourth-order valence-electron chi connectivity index (χ4n) is 2.73. The number of aromatic nitrogens is 2. The lowest BCUT2D eigenvalue weighted by Crippen LogP contribution is -2.51. The molecule has 0 bridgehead atoms. The Bertz CT molecular complexity index is 849. The summed E-state index contributed by atoms with van der Waals surface area (Å²) in [6, 6.07) is 5.42. The molecule has 7 nitrogen and oxygen atoms in total. The van der Waals surface area contributed by atoms with Crippen molar-refractivity contribution in [3.63, 3.8) is 0 Å². The zero-order valence-corrected chi connectivity index (χ0v) is 14.6. The third kappa shape index (κ3) is 3.61. The highest BCUT2D eigenvalue weighted by atomic mass is 32.2. The van der Waals surface area contributed by atoms with Gasteiger partial charge in [0.25, 0.3) is 0 Å². The summed E-state index contributed by atoms with van der Waals surface area (Å²) >= 11 is 1.16. The van der Waals surface area contributed by atoms with Gasteiger partial charge in [-0.05, 0) is 31.0 Å². The van der Waals surface area contributed by atoms with Gasteiger partial charge >= 0.3 is 6.03 Å². The largest absolute Gasteiger partial charge is 0.332 e. The van der Waals surface area contributed by atoms with Crippen LogP contribution in [0.15, 0.2) is 18.2 Å². The Balaban J connectivity index is 1.65. The number of fused-ring (bicyclic) bond motifs is 1. The van der Waals surface area contributed by atoms with Gasteiger partial charge in [0.1, 0.15) is 11.0 Å². The van der Waals surface area contributed by atoms with Gasteiger partial charge in [0.15, 0.2) is 9.84 Å². The van der Waals surface area contributed by atoms with Gasteiger partial charge in [-0.3, -0.25) is 0 Å². The molecule has 1 saturated heterocycles. The summed E-state index contributed by atoms with van der Waals surface area (Å²) in [5.74, 6) is 0.122. The monoisotopic (exact) mass is 354 g/mol. The Morgan fingerprint density at radius 1 is 1.39 bits per heavy atom. The highest BCUT2D eigenvalue weighted by Crippen LogP contribution is 2.23. The topological polar surface area (TPSA) is 92.3 Å². The molecule has 0 spiro atoms. The average molecular weight is 354 g/mol. The lowest BCUT2D eigenvalue weighted by atomic mass is 10.0. The molecular formula is C14H18N4O3S2. The van der Waals surface area contributed by atoms with E-state index < -0.39 is 15.4 Å². The van der Waals surface area contributed by atoms with Crippen LogP contribution in [0, 0.1) is 0 Å². The number of carbonyl (C=O) groups is 1. The number of amides is 2. The van der Waals surface area contributed by atoms with E-state index in [9.17, 15) is 13.2 Å². The molecule has 1 aliphatic rings. The molecule has 0 unspecified atom stereocenters. The van der Waals surface area contributed by atoms with Gasteiger partial charge in [0, 0.05) is 13.6 Å². The molecule has 9 heteroatoms. The molecule has 2 heterocycles. The summed E-state index contributed by atoms with van der Waals surface area (Å²) in [7, 11) is -1.36. The number of carbonyl (C=O) groups excluding carboxylic acids is 1. The van der Waals surface area contributed by atoms with E-state index in [-0.39, 0.29) is 17.5 Å². The molecule has 1 aliphatic heterocycles. The number of urea groups is 1. The highest BCUT2D eigenvalue weighted by Gasteiger charge is 2.39. The van der Waals surface area contributed by atoms with E-state index in [2.05, 4.69) is 14.1 Å². The van der Waals surface area contributed by atoms with Gasteiger partial charge in [-0.1, -0.05) is 6.07 Å². The van der Waals surface area contributed by atoms with E-state index in [4.69, 9.17) is 0 Å². The van der Waals surface area contributed by atoms with Crippen molar-refractivity contribution in [3.05, 3.63) is 23.8 Å². The Kier molecular flexibility index (Phi) is 4.01. The molecule has 1 atom stereocenters. The second kappa shape index (κ2) is 5.72. The molecule has 1 aromatic carbocycles. The first-order chi connectivity index (χ1) is 10.8. The minimum atomic E-state index is -3.05. The number of nitrogens with zero attached hydrogens (tertiary/aromatic N) is 3. The number of benzene rings is 1. The minimum Gasteiger partial charge on any atom is -0.332 e. The molecule has 23 heavy (non-hydrogen) atoms. The summed E-state index contributed by atoms with van der Waals surface area (Å²) in [5, 5.41) is 2.84. The maximum Gasteiger partial charge on any atom is 0.317 e. The predicted molar refractivity (Wildman–Crippen MR) is 89.1 cm³/mol.